The molecule has 2 aromatic carbocycles. The van der Waals surface area contributed by atoms with E-state index >= 15 is 0 Å². The highest BCUT2D eigenvalue weighted by Crippen LogP contribution is 2.27. The zero-order valence-corrected chi connectivity index (χ0v) is 16.8. The Balaban J connectivity index is 1.38. The Kier molecular flexibility index (Phi) is 5.58. The van der Waals surface area contributed by atoms with Crippen molar-refractivity contribution >= 4 is 40.3 Å². The van der Waals surface area contributed by atoms with Gasteiger partial charge in [0, 0.05) is 11.6 Å². The highest BCUT2D eigenvalue weighted by Gasteiger charge is 2.16. The number of rotatable bonds is 4. The summed E-state index contributed by atoms with van der Waals surface area (Å²) in [7, 11) is 0. The predicted octanol–water partition coefficient (Wildman–Crippen LogP) is 3.54. The number of amides is 2. The van der Waals surface area contributed by atoms with Crippen molar-refractivity contribution in [3.8, 4) is 10.6 Å². The lowest BCUT2D eigenvalue weighted by molar-refractivity contribution is -0.117. The molecular weight excluding hydrogens is 398 g/mol. The van der Waals surface area contributed by atoms with Gasteiger partial charge in [-0.15, -0.1) is 11.3 Å². The second kappa shape index (κ2) is 8.62. The molecular formula is C22H17N5O2S. The van der Waals surface area contributed by atoms with E-state index in [1.807, 2.05) is 54.6 Å². The molecule has 0 fully saturated rings. The lowest BCUT2D eigenvalue weighted by Gasteiger charge is -2.03. The van der Waals surface area contributed by atoms with Crippen LogP contribution in [-0.2, 0) is 4.79 Å². The maximum absolute atomic E-state index is 12.4. The zero-order valence-electron chi connectivity index (χ0n) is 16.0. The van der Waals surface area contributed by atoms with Crippen LogP contribution in [0, 0.1) is 6.92 Å². The van der Waals surface area contributed by atoms with Gasteiger partial charge in [-0.05, 0) is 25.1 Å². The van der Waals surface area contributed by atoms with E-state index in [9.17, 15) is 9.59 Å². The van der Waals surface area contributed by atoms with Crippen molar-refractivity contribution in [1.82, 2.24) is 25.8 Å². The van der Waals surface area contributed by atoms with Crippen molar-refractivity contribution in [3.63, 3.8) is 0 Å². The molecule has 148 valence electrons. The van der Waals surface area contributed by atoms with Crippen LogP contribution in [0.5, 0.6) is 0 Å². The van der Waals surface area contributed by atoms with Crippen LogP contribution in [0.2, 0.25) is 0 Å². The summed E-state index contributed by atoms with van der Waals surface area (Å²) in [5.41, 5.74) is 8.39. The second-order valence-corrected chi connectivity index (χ2v) is 7.36. The Bertz CT molecular complexity index is 1250. The van der Waals surface area contributed by atoms with Crippen molar-refractivity contribution in [2.75, 3.05) is 0 Å². The van der Waals surface area contributed by atoms with E-state index in [4.69, 9.17) is 0 Å². The molecule has 0 atom stereocenters. The molecule has 8 heteroatoms. The average Bonchev–Trinajstić information content (AvgIpc) is 3.18. The lowest BCUT2D eigenvalue weighted by Crippen LogP contribution is -2.40. The van der Waals surface area contributed by atoms with Gasteiger partial charge in [0.25, 0.3) is 11.8 Å². The summed E-state index contributed by atoms with van der Waals surface area (Å²) in [5, 5.41) is 0.749. The van der Waals surface area contributed by atoms with Gasteiger partial charge in [-0.25, -0.2) is 9.97 Å². The smallest absolute Gasteiger partial charge is 0.268 e. The molecule has 0 bridgehead atoms. The monoisotopic (exact) mass is 415 g/mol. The number of benzene rings is 2. The lowest BCUT2D eigenvalue weighted by atomic mass is 10.2. The van der Waals surface area contributed by atoms with Crippen LogP contribution in [0.15, 0.2) is 66.9 Å². The number of thiazole rings is 1. The third-order valence-electron chi connectivity index (χ3n) is 4.20. The number of para-hydroxylation sites is 2. The number of hydrogen-bond acceptors (Lipinski definition) is 6. The molecule has 2 amide bonds. The number of aromatic nitrogens is 3. The minimum atomic E-state index is -0.483. The molecule has 2 N–H and O–H groups in total. The topological polar surface area (TPSA) is 96.9 Å². The molecule has 4 rings (SSSR count). The van der Waals surface area contributed by atoms with E-state index in [0.717, 1.165) is 21.6 Å². The quantitative estimate of drug-likeness (QED) is 0.393. The van der Waals surface area contributed by atoms with Gasteiger partial charge in [0.1, 0.15) is 9.88 Å². The van der Waals surface area contributed by atoms with Gasteiger partial charge in [0.05, 0.1) is 28.6 Å². The van der Waals surface area contributed by atoms with Crippen LogP contribution in [0.3, 0.4) is 0 Å². The largest absolute Gasteiger partial charge is 0.281 e. The fraction of sp³-hybridized carbons (Fsp3) is 0.0455. The van der Waals surface area contributed by atoms with E-state index in [1.54, 1.807) is 13.1 Å². The Morgan fingerprint density at radius 2 is 1.67 bits per heavy atom. The third kappa shape index (κ3) is 4.39. The summed E-state index contributed by atoms with van der Waals surface area (Å²) in [4.78, 5) is 38.1. The standard InChI is InChI=1S/C22H17N5O2S/c1-14-20(30-22(24-14)15-7-3-2-4-8-15)21(29)27-26-19(28)12-11-16-13-23-17-9-5-6-10-18(17)25-16/h2-13H,1H3,(H,26,28)(H,27,29)/b12-11+. The summed E-state index contributed by atoms with van der Waals surface area (Å²) in [6, 6.07) is 17.1. The van der Waals surface area contributed by atoms with Crippen molar-refractivity contribution < 1.29 is 9.59 Å². The van der Waals surface area contributed by atoms with Gasteiger partial charge in [-0.1, -0.05) is 42.5 Å². The summed E-state index contributed by atoms with van der Waals surface area (Å²) in [6.45, 7) is 1.76. The van der Waals surface area contributed by atoms with Crippen molar-refractivity contribution in [2.45, 2.75) is 6.92 Å². The molecule has 7 nitrogen and oxygen atoms in total. The highest BCUT2D eigenvalue weighted by atomic mass is 32.1. The number of fused-ring (bicyclic) bond motifs is 1. The average molecular weight is 415 g/mol. The molecule has 0 radical (unpaired) electrons. The number of carbonyl (C=O) groups excluding carboxylic acids is 2. The summed E-state index contributed by atoms with van der Waals surface area (Å²) in [6.07, 6.45) is 4.40. The van der Waals surface area contributed by atoms with Crippen LogP contribution >= 0.6 is 11.3 Å². The van der Waals surface area contributed by atoms with Crippen LogP contribution < -0.4 is 10.9 Å². The molecule has 0 aliphatic carbocycles. The predicted molar refractivity (Wildman–Crippen MR) is 116 cm³/mol. The van der Waals surface area contributed by atoms with E-state index in [2.05, 4.69) is 25.8 Å². The van der Waals surface area contributed by atoms with Crippen LogP contribution in [0.25, 0.3) is 27.7 Å². The first-order valence-electron chi connectivity index (χ1n) is 9.13. The van der Waals surface area contributed by atoms with Gasteiger partial charge >= 0.3 is 0 Å². The van der Waals surface area contributed by atoms with Gasteiger partial charge in [0.2, 0.25) is 0 Å². The van der Waals surface area contributed by atoms with Gasteiger partial charge < -0.3 is 0 Å². The number of hydrogen-bond donors (Lipinski definition) is 2. The molecule has 4 aromatic rings. The fourth-order valence-corrected chi connectivity index (χ4v) is 3.71. The Hall–Kier alpha value is -3.91. The van der Waals surface area contributed by atoms with Gasteiger partial charge in [-0.2, -0.15) is 0 Å². The Morgan fingerprint density at radius 1 is 0.933 bits per heavy atom. The first-order chi connectivity index (χ1) is 14.6. The van der Waals surface area contributed by atoms with Crippen LogP contribution in [0.4, 0.5) is 0 Å². The summed E-state index contributed by atoms with van der Waals surface area (Å²) in [5.74, 6) is -0.900. The molecule has 0 aliphatic heterocycles. The van der Waals surface area contributed by atoms with Crippen molar-refractivity contribution in [3.05, 3.63) is 83.1 Å². The molecule has 30 heavy (non-hydrogen) atoms. The van der Waals surface area contributed by atoms with E-state index < -0.39 is 11.8 Å². The fourth-order valence-electron chi connectivity index (χ4n) is 2.74. The number of hydrazine groups is 1. The molecule has 0 aliphatic rings. The van der Waals surface area contributed by atoms with Crippen molar-refractivity contribution in [1.29, 1.82) is 0 Å². The minimum absolute atomic E-state index is 0.417. The SMILES string of the molecule is Cc1nc(-c2ccccc2)sc1C(=O)NNC(=O)/C=C/c1cnc2ccccc2n1. The van der Waals surface area contributed by atoms with Crippen molar-refractivity contribution in [2.24, 2.45) is 0 Å². The zero-order chi connectivity index (χ0) is 20.9. The third-order valence-corrected chi connectivity index (χ3v) is 5.40. The number of carbonyl (C=O) groups is 2. The highest BCUT2D eigenvalue weighted by molar-refractivity contribution is 7.17. The molecule has 2 heterocycles. The molecule has 0 saturated carbocycles. The molecule has 0 unspecified atom stereocenters. The van der Waals surface area contributed by atoms with Crippen LogP contribution in [-0.4, -0.2) is 26.8 Å². The number of nitrogens with one attached hydrogen (secondary N) is 2. The summed E-state index contributed by atoms with van der Waals surface area (Å²) >= 11 is 1.27. The molecule has 2 aromatic heterocycles. The van der Waals surface area contributed by atoms with E-state index in [1.165, 1.54) is 23.5 Å². The van der Waals surface area contributed by atoms with E-state index in [-0.39, 0.29) is 0 Å². The maximum Gasteiger partial charge on any atom is 0.281 e. The minimum Gasteiger partial charge on any atom is -0.268 e. The first-order valence-corrected chi connectivity index (χ1v) is 9.95. The first kappa shape index (κ1) is 19.4. The molecule has 0 spiro atoms. The second-order valence-electron chi connectivity index (χ2n) is 6.36. The Labute approximate surface area is 176 Å². The van der Waals surface area contributed by atoms with Gasteiger partial charge in [-0.3, -0.25) is 25.4 Å². The van der Waals surface area contributed by atoms with Gasteiger partial charge in [0.15, 0.2) is 0 Å². The number of aryl methyl sites for hydroxylation is 1. The van der Waals surface area contributed by atoms with Crippen LogP contribution in [0.1, 0.15) is 21.1 Å². The maximum atomic E-state index is 12.4. The summed E-state index contributed by atoms with van der Waals surface area (Å²) < 4.78 is 0. The number of nitrogens with zero attached hydrogens (tertiary/aromatic N) is 3. The van der Waals surface area contributed by atoms with E-state index in [0.29, 0.717) is 16.3 Å². The Morgan fingerprint density at radius 3 is 2.47 bits per heavy atom. The molecule has 0 saturated heterocycles. The normalized spacial score (nSPS) is 11.0.